The van der Waals surface area contributed by atoms with Gasteiger partial charge in [0.25, 0.3) is 11.6 Å². The van der Waals surface area contributed by atoms with E-state index in [0.29, 0.717) is 10.3 Å². The molecule has 3 aromatic rings. The summed E-state index contributed by atoms with van der Waals surface area (Å²) in [6, 6.07) is 13.9. The first-order valence-electron chi connectivity index (χ1n) is 6.70. The SMILES string of the molecule is CSc1cccc(NC(=O)c2cc3cc([N+](=O)[O-])ccc3s2)c1. The van der Waals surface area contributed by atoms with Crippen molar-refractivity contribution in [1.29, 1.82) is 0 Å². The lowest BCUT2D eigenvalue weighted by Crippen LogP contribution is -2.09. The predicted molar refractivity (Wildman–Crippen MR) is 94.7 cm³/mol. The maximum Gasteiger partial charge on any atom is 0.270 e. The van der Waals surface area contributed by atoms with Crippen LogP contribution in [0.15, 0.2) is 53.4 Å². The van der Waals surface area contributed by atoms with Gasteiger partial charge in [0.15, 0.2) is 0 Å². The van der Waals surface area contributed by atoms with Crippen LogP contribution in [-0.4, -0.2) is 17.1 Å². The lowest BCUT2D eigenvalue weighted by molar-refractivity contribution is -0.384. The summed E-state index contributed by atoms with van der Waals surface area (Å²) >= 11 is 2.92. The fourth-order valence-corrected chi connectivity index (χ4v) is 3.55. The summed E-state index contributed by atoms with van der Waals surface area (Å²) in [5, 5.41) is 14.4. The Bertz CT molecular complexity index is 905. The molecule has 1 aromatic heterocycles. The largest absolute Gasteiger partial charge is 0.321 e. The zero-order chi connectivity index (χ0) is 16.4. The van der Waals surface area contributed by atoms with Gasteiger partial charge in [-0.15, -0.1) is 23.1 Å². The van der Waals surface area contributed by atoms with E-state index in [9.17, 15) is 14.9 Å². The molecule has 116 valence electrons. The highest BCUT2D eigenvalue weighted by molar-refractivity contribution is 7.98. The van der Waals surface area contributed by atoms with Crippen molar-refractivity contribution in [2.45, 2.75) is 4.90 Å². The molecule has 1 N–H and O–H groups in total. The molecule has 0 unspecified atom stereocenters. The third-order valence-electron chi connectivity index (χ3n) is 3.26. The zero-order valence-electron chi connectivity index (χ0n) is 12.1. The van der Waals surface area contributed by atoms with Crippen LogP contribution < -0.4 is 5.32 Å². The molecule has 2 aromatic carbocycles. The van der Waals surface area contributed by atoms with Crippen LogP contribution in [-0.2, 0) is 0 Å². The first-order valence-corrected chi connectivity index (χ1v) is 8.74. The second kappa shape index (κ2) is 6.39. The van der Waals surface area contributed by atoms with Crippen LogP contribution >= 0.6 is 23.1 Å². The molecule has 0 bridgehead atoms. The van der Waals surface area contributed by atoms with E-state index in [4.69, 9.17) is 0 Å². The Morgan fingerprint density at radius 3 is 2.78 bits per heavy atom. The number of fused-ring (bicyclic) bond motifs is 1. The first kappa shape index (κ1) is 15.5. The Morgan fingerprint density at radius 1 is 1.22 bits per heavy atom. The van der Waals surface area contributed by atoms with Crippen molar-refractivity contribution < 1.29 is 9.72 Å². The molecule has 0 aliphatic rings. The molecule has 0 aliphatic carbocycles. The van der Waals surface area contributed by atoms with Crippen molar-refractivity contribution in [3.8, 4) is 0 Å². The van der Waals surface area contributed by atoms with Gasteiger partial charge in [-0.1, -0.05) is 6.07 Å². The van der Waals surface area contributed by atoms with Gasteiger partial charge in [-0.25, -0.2) is 0 Å². The number of hydrogen-bond acceptors (Lipinski definition) is 5. The number of benzene rings is 2. The molecule has 0 aliphatic heterocycles. The van der Waals surface area contributed by atoms with Crippen LogP contribution in [0.25, 0.3) is 10.1 Å². The van der Waals surface area contributed by atoms with Crippen molar-refractivity contribution in [2.24, 2.45) is 0 Å². The standard InChI is InChI=1S/C16H12N2O3S2/c1-22-13-4-2-3-11(9-13)17-16(19)15-8-10-7-12(18(20)21)5-6-14(10)23-15/h2-9H,1H3,(H,17,19). The predicted octanol–water partition coefficient (Wildman–Crippen LogP) is 4.78. The van der Waals surface area contributed by atoms with Crippen LogP contribution in [0.4, 0.5) is 11.4 Å². The van der Waals surface area contributed by atoms with Gasteiger partial charge in [0.05, 0.1) is 9.80 Å². The number of carbonyl (C=O) groups is 1. The number of anilines is 1. The quantitative estimate of drug-likeness (QED) is 0.420. The maximum atomic E-state index is 12.4. The summed E-state index contributed by atoms with van der Waals surface area (Å²) in [7, 11) is 0. The molecular formula is C16H12N2O3S2. The van der Waals surface area contributed by atoms with Gasteiger partial charge in [0.2, 0.25) is 0 Å². The average Bonchev–Trinajstić information content (AvgIpc) is 2.98. The Labute approximate surface area is 140 Å². The minimum atomic E-state index is -0.440. The van der Waals surface area contributed by atoms with Gasteiger partial charge in [-0.3, -0.25) is 14.9 Å². The van der Waals surface area contributed by atoms with E-state index in [0.717, 1.165) is 15.3 Å². The highest BCUT2D eigenvalue weighted by atomic mass is 32.2. The topological polar surface area (TPSA) is 72.2 Å². The third-order valence-corrected chi connectivity index (χ3v) is 5.10. The van der Waals surface area contributed by atoms with Crippen molar-refractivity contribution >= 4 is 50.5 Å². The lowest BCUT2D eigenvalue weighted by atomic mass is 10.2. The number of nitro groups is 1. The summed E-state index contributed by atoms with van der Waals surface area (Å²) in [6.07, 6.45) is 1.97. The van der Waals surface area contributed by atoms with Crippen molar-refractivity contribution in [3.63, 3.8) is 0 Å². The molecule has 0 radical (unpaired) electrons. The van der Waals surface area contributed by atoms with Gasteiger partial charge in [-0.05, 0) is 36.6 Å². The van der Waals surface area contributed by atoms with Gasteiger partial charge in [-0.2, -0.15) is 0 Å². The number of carbonyl (C=O) groups excluding carboxylic acids is 1. The summed E-state index contributed by atoms with van der Waals surface area (Å²) in [5.74, 6) is -0.216. The van der Waals surface area contributed by atoms with E-state index >= 15 is 0 Å². The van der Waals surface area contributed by atoms with E-state index in [1.165, 1.54) is 23.5 Å². The van der Waals surface area contributed by atoms with Crippen molar-refractivity contribution in [3.05, 3.63) is 63.5 Å². The smallest absolute Gasteiger partial charge is 0.270 e. The normalized spacial score (nSPS) is 10.7. The minimum Gasteiger partial charge on any atom is -0.321 e. The molecule has 1 amide bonds. The van der Waals surface area contributed by atoms with Crippen molar-refractivity contribution in [1.82, 2.24) is 0 Å². The van der Waals surface area contributed by atoms with E-state index in [1.54, 1.807) is 23.9 Å². The molecular weight excluding hydrogens is 332 g/mol. The Morgan fingerprint density at radius 2 is 2.04 bits per heavy atom. The fourth-order valence-electron chi connectivity index (χ4n) is 2.15. The minimum absolute atomic E-state index is 0.0231. The summed E-state index contributed by atoms with van der Waals surface area (Å²) in [6.45, 7) is 0. The van der Waals surface area contributed by atoms with Gasteiger partial charge in [0.1, 0.15) is 0 Å². The van der Waals surface area contributed by atoms with Gasteiger partial charge < -0.3 is 5.32 Å². The molecule has 0 atom stereocenters. The highest BCUT2D eigenvalue weighted by Gasteiger charge is 2.13. The van der Waals surface area contributed by atoms with Crippen LogP contribution in [0.2, 0.25) is 0 Å². The molecule has 3 rings (SSSR count). The fraction of sp³-hybridized carbons (Fsp3) is 0.0625. The molecule has 0 spiro atoms. The van der Waals surface area contributed by atoms with Crippen LogP contribution in [0.5, 0.6) is 0 Å². The zero-order valence-corrected chi connectivity index (χ0v) is 13.7. The highest BCUT2D eigenvalue weighted by Crippen LogP contribution is 2.29. The van der Waals surface area contributed by atoms with Crippen LogP contribution in [0.1, 0.15) is 9.67 Å². The monoisotopic (exact) mass is 344 g/mol. The van der Waals surface area contributed by atoms with Crippen LogP contribution in [0, 0.1) is 10.1 Å². The number of nitro benzene ring substituents is 1. The van der Waals surface area contributed by atoms with E-state index < -0.39 is 4.92 Å². The molecule has 23 heavy (non-hydrogen) atoms. The molecule has 0 fully saturated rings. The second-order valence-electron chi connectivity index (χ2n) is 4.78. The van der Waals surface area contributed by atoms with E-state index in [1.807, 2.05) is 30.5 Å². The molecule has 0 saturated carbocycles. The average molecular weight is 344 g/mol. The number of nitrogens with one attached hydrogen (secondary N) is 1. The molecule has 0 saturated heterocycles. The number of amides is 1. The third kappa shape index (κ3) is 3.35. The first-order chi connectivity index (χ1) is 11.1. The maximum absolute atomic E-state index is 12.4. The Kier molecular flexibility index (Phi) is 4.31. The van der Waals surface area contributed by atoms with E-state index in [-0.39, 0.29) is 11.6 Å². The summed E-state index contributed by atoms with van der Waals surface area (Å²) < 4.78 is 0.846. The number of thioether (sulfide) groups is 1. The lowest BCUT2D eigenvalue weighted by Gasteiger charge is -2.04. The number of thiophene rings is 1. The van der Waals surface area contributed by atoms with E-state index in [2.05, 4.69) is 5.32 Å². The molecule has 5 nitrogen and oxygen atoms in total. The summed E-state index contributed by atoms with van der Waals surface area (Å²) in [4.78, 5) is 24.3. The van der Waals surface area contributed by atoms with Gasteiger partial charge >= 0.3 is 0 Å². The number of nitrogens with zero attached hydrogens (tertiary/aromatic N) is 1. The van der Waals surface area contributed by atoms with Crippen LogP contribution in [0.3, 0.4) is 0 Å². The number of hydrogen-bond donors (Lipinski definition) is 1. The second-order valence-corrected chi connectivity index (χ2v) is 6.74. The molecule has 7 heteroatoms. The number of rotatable bonds is 4. The number of non-ortho nitro benzene ring substituents is 1. The van der Waals surface area contributed by atoms with Crippen molar-refractivity contribution in [2.75, 3.05) is 11.6 Å². The Hall–Kier alpha value is -2.38. The summed E-state index contributed by atoms with van der Waals surface area (Å²) in [5.41, 5.74) is 0.750. The Balaban J connectivity index is 1.87. The van der Waals surface area contributed by atoms with Gasteiger partial charge in [0, 0.05) is 32.8 Å². The molecule has 1 heterocycles.